The molecule has 166 valence electrons. The highest BCUT2D eigenvalue weighted by atomic mass is 16.5. The van der Waals surface area contributed by atoms with Crippen LogP contribution in [0.25, 0.3) is 0 Å². The predicted octanol–water partition coefficient (Wildman–Crippen LogP) is 6.50. The monoisotopic (exact) mass is 406 g/mol. The third-order valence-electron chi connectivity index (χ3n) is 5.46. The molecule has 0 saturated carbocycles. The number of aliphatic hydroxyl groups excluding tert-OH is 1. The summed E-state index contributed by atoms with van der Waals surface area (Å²) in [6.45, 7) is 2.66. The lowest BCUT2D eigenvalue weighted by molar-refractivity contribution is -0.142. The highest BCUT2D eigenvalue weighted by molar-refractivity contribution is 5.67. The molecule has 0 aromatic heterocycles. The molecule has 0 aliphatic heterocycles. The average molecular weight is 407 g/mol. The number of carbonyl (C=O) groups is 1. The van der Waals surface area contributed by atoms with Crippen LogP contribution in [0, 0.1) is 0 Å². The Morgan fingerprint density at radius 1 is 0.862 bits per heavy atom. The maximum atomic E-state index is 10.9. The van der Waals surface area contributed by atoms with Crippen LogP contribution in [0.1, 0.15) is 102 Å². The van der Waals surface area contributed by atoms with Gasteiger partial charge in [0.25, 0.3) is 0 Å². The minimum Gasteiger partial charge on any atom is -0.481 e. The van der Waals surface area contributed by atoms with Gasteiger partial charge < -0.3 is 14.9 Å². The molecule has 0 aliphatic carbocycles. The Labute approximate surface area is 177 Å². The van der Waals surface area contributed by atoms with Gasteiger partial charge in [-0.05, 0) is 12.0 Å². The van der Waals surface area contributed by atoms with Gasteiger partial charge in [-0.3, -0.25) is 4.79 Å². The van der Waals surface area contributed by atoms with Crippen LogP contribution < -0.4 is 0 Å². The van der Waals surface area contributed by atoms with Crippen molar-refractivity contribution in [1.29, 1.82) is 0 Å². The number of ether oxygens (including phenoxy) is 1. The molecule has 0 saturated heterocycles. The quantitative estimate of drug-likeness (QED) is 0.257. The maximum Gasteiger partial charge on any atom is 0.306 e. The summed E-state index contributed by atoms with van der Waals surface area (Å²) in [6.07, 6.45) is 14.5. The van der Waals surface area contributed by atoms with Crippen LogP contribution >= 0.6 is 0 Å². The summed E-state index contributed by atoms with van der Waals surface area (Å²) in [7, 11) is 0. The Hall–Kier alpha value is -1.39. The third-order valence-corrected chi connectivity index (χ3v) is 5.46. The zero-order chi connectivity index (χ0) is 21.2. The first-order valence-corrected chi connectivity index (χ1v) is 11.7. The lowest BCUT2D eigenvalue weighted by Gasteiger charge is -2.22. The fraction of sp³-hybridized carbons (Fsp3) is 0.720. The molecule has 2 atom stereocenters. The van der Waals surface area contributed by atoms with Gasteiger partial charge in [0, 0.05) is 0 Å². The Morgan fingerprint density at radius 3 is 1.90 bits per heavy atom. The van der Waals surface area contributed by atoms with Crippen molar-refractivity contribution in [2.75, 3.05) is 0 Å². The molecule has 0 heterocycles. The van der Waals surface area contributed by atoms with Gasteiger partial charge in [-0.2, -0.15) is 0 Å². The average Bonchev–Trinajstić information content (AvgIpc) is 2.71. The van der Waals surface area contributed by atoms with E-state index in [0.29, 0.717) is 13.0 Å². The Bertz CT molecular complexity index is 503. The van der Waals surface area contributed by atoms with Gasteiger partial charge in [-0.25, -0.2) is 0 Å². The first kappa shape index (κ1) is 25.6. The Kier molecular flexibility index (Phi) is 15.4. The van der Waals surface area contributed by atoms with Crippen molar-refractivity contribution >= 4 is 5.97 Å². The van der Waals surface area contributed by atoms with E-state index in [2.05, 4.69) is 6.92 Å². The second-order valence-corrected chi connectivity index (χ2v) is 8.18. The van der Waals surface area contributed by atoms with E-state index in [0.717, 1.165) is 18.4 Å². The molecule has 0 spiro atoms. The highest BCUT2D eigenvalue weighted by Gasteiger charge is 2.22. The van der Waals surface area contributed by atoms with Crippen LogP contribution in [-0.2, 0) is 16.1 Å². The molecule has 2 unspecified atom stereocenters. The Morgan fingerprint density at radius 2 is 1.38 bits per heavy atom. The molecule has 1 aromatic rings. The number of unbranched alkanes of at least 4 members (excludes halogenated alkanes) is 11. The van der Waals surface area contributed by atoms with Gasteiger partial charge in [0.05, 0.1) is 25.2 Å². The number of carboxylic acids is 1. The van der Waals surface area contributed by atoms with Gasteiger partial charge in [-0.1, -0.05) is 114 Å². The third kappa shape index (κ3) is 14.3. The summed E-state index contributed by atoms with van der Waals surface area (Å²) in [4.78, 5) is 10.9. The topological polar surface area (TPSA) is 66.8 Å². The molecule has 4 heteroatoms. The fourth-order valence-electron chi connectivity index (χ4n) is 3.66. The molecule has 0 amide bonds. The smallest absolute Gasteiger partial charge is 0.306 e. The van der Waals surface area contributed by atoms with Gasteiger partial charge in [0.1, 0.15) is 0 Å². The first-order valence-electron chi connectivity index (χ1n) is 11.7. The standard InChI is InChI=1S/C25H42O4/c1-2-3-4-5-6-7-8-9-10-11-12-16-19-24(23(26)20-25(27)28)29-21-22-17-14-13-15-18-22/h13-15,17-18,23-24,26H,2-12,16,19-21H2,1H3,(H,27,28). The van der Waals surface area contributed by atoms with Crippen molar-refractivity contribution in [3.8, 4) is 0 Å². The summed E-state index contributed by atoms with van der Waals surface area (Å²) in [5.74, 6) is -0.986. The van der Waals surface area contributed by atoms with E-state index in [1.165, 1.54) is 64.2 Å². The van der Waals surface area contributed by atoms with Crippen LogP contribution in [0.4, 0.5) is 0 Å². The zero-order valence-electron chi connectivity index (χ0n) is 18.4. The molecule has 1 rings (SSSR count). The van der Waals surface area contributed by atoms with Crippen LogP contribution in [-0.4, -0.2) is 28.4 Å². The van der Waals surface area contributed by atoms with E-state index in [1.54, 1.807) is 0 Å². The molecule has 0 bridgehead atoms. The van der Waals surface area contributed by atoms with Crippen molar-refractivity contribution in [2.24, 2.45) is 0 Å². The molecule has 29 heavy (non-hydrogen) atoms. The predicted molar refractivity (Wildman–Crippen MR) is 119 cm³/mol. The summed E-state index contributed by atoms with van der Waals surface area (Å²) in [6, 6.07) is 9.81. The molecular weight excluding hydrogens is 364 g/mol. The normalized spacial score (nSPS) is 13.3. The van der Waals surface area contributed by atoms with Gasteiger partial charge in [0.15, 0.2) is 0 Å². The SMILES string of the molecule is CCCCCCCCCCCCCCC(OCc1ccccc1)C(O)CC(=O)O. The van der Waals surface area contributed by atoms with E-state index < -0.39 is 18.2 Å². The second kappa shape index (κ2) is 17.5. The van der Waals surface area contributed by atoms with Gasteiger partial charge >= 0.3 is 5.97 Å². The largest absolute Gasteiger partial charge is 0.481 e. The molecule has 0 fully saturated rings. The molecule has 0 aliphatic rings. The van der Waals surface area contributed by atoms with Crippen LogP contribution in [0.2, 0.25) is 0 Å². The van der Waals surface area contributed by atoms with E-state index in [4.69, 9.17) is 9.84 Å². The van der Waals surface area contributed by atoms with E-state index in [1.807, 2.05) is 30.3 Å². The number of hydrogen-bond donors (Lipinski definition) is 2. The lowest BCUT2D eigenvalue weighted by Crippen LogP contribution is -2.31. The molecule has 2 N–H and O–H groups in total. The number of aliphatic hydroxyl groups is 1. The Balaban J connectivity index is 2.15. The van der Waals surface area contributed by atoms with Crippen molar-refractivity contribution < 1.29 is 19.7 Å². The summed E-state index contributed by atoms with van der Waals surface area (Å²) in [5.41, 5.74) is 1.04. The summed E-state index contributed by atoms with van der Waals surface area (Å²) in [5, 5.41) is 19.2. The van der Waals surface area contributed by atoms with Crippen LogP contribution in [0.3, 0.4) is 0 Å². The number of rotatable bonds is 19. The minimum atomic E-state index is -0.986. The summed E-state index contributed by atoms with van der Waals surface area (Å²) >= 11 is 0. The van der Waals surface area contributed by atoms with Crippen LogP contribution in [0.5, 0.6) is 0 Å². The highest BCUT2D eigenvalue weighted by Crippen LogP contribution is 2.17. The second-order valence-electron chi connectivity index (χ2n) is 8.18. The number of aliphatic carboxylic acids is 1. The van der Waals surface area contributed by atoms with E-state index in [-0.39, 0.29) is 6.42 Å². The number of carboxylic acid groups (broad SMARTS) is 1. The van der Waals surface area contributed by atoms with Crippen molar-refractivity contribution in [1.82, 2.24) is 0 Å². The number of hydrogen-bond acceptors (Lipinski definition) is 3. The van der Waals surface area contributed by atoms with E-state index >= 15 is 0 Å². The molecule has 4 nitrogen and oxygen atoms in total. The first-order chi connectivity index (χ1) is 14.1. The maximum absolute atomic E-state index is 10.9. The van der Waals surface area contributed by atoms with Crippen molar-refractivity contribution in [3.05, 3.63) is 35.9 Å². The van der Waals surface area contributed by atoms with Gasteiger partial charge in [-0.15, -0.1) is 0 Å². The molecule has 0 radical (unpaired) electrons. The van der Waals surface area contributed by atoms with Crippen molar-refractivity contribution in [2.45, 2.75) is 116 Å². The van der Waals surface area contributed by atoms with Gasteiger partial charge in [0.2, 0.25) is 0 Å². The number of benzene rings is 1. The summed E-state index contributed by atoms with van der Waals surface area (Å²) < 4.78 is 5.88. The minimum absolute atomic E-state index is 0.266. The molecular formula is C25H42O4. The molecule has 1 aromatic carbocycles. The van der Waals surface area contributed by atoms with Crippen molar-refractivity contribution in [3.63, 3.8) is 0 Å². The zero-order valence-corrected chi connectivity index (χ0v) is 18.4. The van der Waals surface area contributed by atoms with E-state index in [9.17, 15) is 9.90 Å². The fourth-order valence-corrected chi connectivity index (χ4v) is 3.66. The van der Waals surface area contributed by atoms with Crippen LogP contribution in [0.15, 0.2) is 30.3 Å². The lowest BCUT2D eigenvalue weighted by atomic mass is 10.0.